The summed E-state index contributed by atoms with van der Waals surface area (Å²) >= 11 is 4.51. The molecule has 1 saturated heterocycles. The average molecular weight is 408 g/mol. The Kier molecular flexibility index (Phi) is 4.42. The summed E-state index contributed by atoms with van der Waals surface area (Å²) in [5.41, 5.74) is 2.25. The number of fused-ring (bicyclic) bond motifs is 3. The molecule has 1 aliphatic carbocycles. The second-order valence-electron chi connectivity index (χ2n) is 9.75. The van der Waals surface area contributed by atoms with Crippen LogP contribution in [0.1, 0.15) is 79.4 Å². The largest absolute Gasteiger partial charge is 0.472 e. The summed E-state index contributed by atoms with van der Waals surface area (Å²) in [6.45, 7) is 4.38. The van der Waals surface area contributed by atoms with Crippen LogP contribution in [0, 0.1) is 23.2 Å². The molecule has 3 aliphatic heterocycles. The van der Waals surface area contributed by atoms with Crippen molar-refractivity contribution in [2.75, 3.05) is 12.3 Å². The number of ether oxygens (including phenoxy) is 1. The van der Waals surface area contributed by atoms with E-state index in [0.717, 1.165) is 43.4 Å². The maximum Gasteiger partial charge on any atom is 0.192 e. The summed E-state index contributed by atoms with van der Waals surface area (Å²) in [5.74, 6) is 1.92. The van der Waals surface area contributed by atoms with E-state index >= 15 is 0 Å². The number of thiol groups is 1. The molecule has 4 aliphatic rings. The van der Waals surface area contributed by atoms with Gasteiger partial charge in [-0.05, 0) is 74.4 Å². The third-order valence-corrected chi connectivity index (χ3v) is 6.93. The fourth-order valence-electron chi connectivity index (χ4n) is 5.30. The Hall–Kier alpha value is -0.740. The van der Waals surface area contributed by atoms with Crippen molar-refractivity contribution >= 4 is 18.3 Å². The van der Waals surface area contributed by atoms with Gasteiger partial charge in [-0.25, -0.2) is 0 Å². The Bertz CT molecular complexity index is 858. The van der Waals surface area contributed by atoms with E-state index in [0.29, 0.717) is 30.3 Å². The summed E-state index contributed by atoms with van der Waals surface area (Å²) < 4.78 is 47.0. The molecule has 156 valence electrons. The molecule has 0 spiro atoms. The lowest BCUT2D eigenvalue weighted by molar-refractivity contribution is 0.128. The molecule has 3 heterocycles. The number of aliphatic imine (C=N–C) groups is 1. The first-order valence-electron chi connectivity index (χ1n) is 13.3. The van der Waals surface area contributed by atoms with Crippen molar-refractivity contribution < 1.29 is 11.6 Å². The van der Waals surface area contributed by atoms with Gasteiger partial charge >= 0.3 is 0 Å². The second kappa shape index (κ2) is 8.18. The van der Waals surface area contributed by atoms with Crippen LogP contribution in [0.5, 0.6) is 0 Å². The summed E-state index contributed by atoms with van der Waals surface area (Å²) in [5, 5.41) is 3.67. The predicted octanol–water partition coefficient (Wildman–Crippen LogP) is 5.54. The van der Waals surface area contributed by atoms with Crippen LogP contribution in [0.4, 0.5) is 0 Å². The van der Waals surface area contributed by atoms with Crippen molar-refractivity contribution in [2.24, 2.45) is 28.2 Å². The second-order valence-corrected chi connectivity index (χ2v) is 10.1. The van der Waals surface area contributed by atoms with Gasteiger partial charge in [-0.1, -0.05) is 32.4 Å². The highest BCUT2D eigenvalue weighted by Gasteiger charge is 2.46. The summed E-state index contributed by atoms with van der Waals surface area (Å²) in [4.78, 5) is 4.53. The number of hydrogen-bond acceptors (Lipinski definition) is 4. The highest BCUT2D eigenvalue weighted by Crippen LogP contribution is 2.49. The van der Waals surface area contributed by atoms with Crippen LogP contribution in [0.25, 0.3) is 0 Å². The zero-order valence-corrected chi connectivity index (χ0v) is 18.3. The summed E-state index contributed by atoms with van der Waals surface area (Å²) in [6.07, 6.45) is 5.88. The quantitative estimate of drug-likeness (QED) is 0.474. The maximum absolute atomic E-state index is 8.73. The number of rotatable bonds is 4. The van der Waals surface area contributed by atoms with Crippen LogP contribution >= 0.6 is 12.6 Å². The molecule has 0 aromatic heterocycles. The monoisotopic (exact) mass is 407 g/mol. The lowest BCUT2D eigenvalue weighted by Crippen LogP contribution is -2.39. The van der Waals surface area contributed by atoms with Crippen LogP contribution in [0.3, 0.4) is 0 Å². The Morgan fingerprint density at radius 1 is 1.39 bits per heavy atom. The van der Waals surface area contributed by atoms with Crippen molar-refractivity contribution in [1.82, 2.24) is 5.32 Å². The fraction of sp³-hybridized carbons (Fsp3) is 0.792. The minimum absolute atomic E-state index is 0.179. The van der Waals surface area contributed by atoms with E-state index in [9.17, 15) is 0 Å². The molecule has 0 amide bonds. The molecule has 0 saturated carbocycles. The molecule has 0 aromatic rings. The fourth-order valence-corrected chi connectivity index (χ4v) is 5.63. The molecule has 0 bridgehead atoms. The van der Waals surface area contributed by atoms with Gasteiger partial charge in [0.1, 0.15) is 5.76 Å². The molecular weight excluding hydrogens is 364 g/mol. The Morgan fingerprint density at radius 2 is 2.25 bits per heavy atom. The molecule has 0 aromatic carbocycles. The molecule has 4 rings (SSSR count). The first kappa shape index (κ1) is 15.1. The van der Waals surface area contributed by atoms with Crippen molar-refractivity contribution in [3.8, 4) is 0 Å². The van der Waals surface area contributed by atoms with E-state index in [1.165, 1.54) is 5.57 Å². The van der Waals surface area contributed by atoms with E-state index in [1.807, 2.05) is 20.8 Å². The van der Waals surface area contributed by atoms with Gasteiger partial charge in [0.05, 0.1) is 0 Å². The molecule has 3 unspecified atom stereocenters. The molecule has 4 heteroatoms. The van der Waals surface area contributed by atoms with Crippen LogP contribution < -0.4 is 5.32 Å². The van der Waals surface area contributed by atoms with Gasteiger partial charge in [0.25, 0.3) is 0 Å². The van der Waals surface area contributed by atoms with Gasteiger partial charge < -0.3 is 10.1 Å². The third-order valence-electron chi connectivity index (χ3n) is 6.57. The molecular formula is C24H38N2OS. The van der Waals surface area contributed by atoms with Crippen LogP contribution in [-0.4, -0.2) is 30.3 Å². The van der Waals surface area contributed by atoms with Crippen molar-refractivity contribution in [3.05, 3.63) is 23.0 Å². The van der Waals surface area contributed by atoms with E-state index < -0.39 is 18.6 Å². The zero-order chi connectivity index (χ0) is 24.2. The summed E-state index contributed by atoms with van der Waals surface area (Å²) in [6, 6.07) is 0.179. The first-order chi connectivity index (χ1) is 15.3. The molecule has 5 atom stereocenters. The third kappa shape index (κ3) is 4.23. The lowest BCUT2D eigenvalue weighted by atomic mass is 9.76. The highest BCUT2D eigenvalue weighted by molar-refractivity contribution is 7.80. The van der Waals surface area contributed by atoms with Crippen LogP contribution in [-0.2, 0) is 4.74 Å². The van der Waals surface area contributed by atoms with E-state index in [4.69, 9.17) is 11.6 Å². The molecule has 0 radical (unpaired) electrons. The Morgan fingerprint density at radius 3 is 2.93 bits per heavy atom. The Labute approximate surface area is 183 Å². The van der Waals surface area contributed by atoms with Gasteiger partial charge in [0.2, 0.25) is 0 Å². The SMILES string of the molecule is [2H]C([2H])([2H])C1=NC2OC3=C([C@H]4CC=C([C@H](CS)C([2H])([2H])C(C)(C)C)CN4)CCCC3C2CC1. The smallest absolute Gasteiger partial charge is 0.192 e. The normalized spacial score (nSPS) is 37.8. The topological polar surface area (TPSA) is 33.6 Å². The van der Waals surface area contributed by atoms with Crippen molar-refractivity contribution in [3.63, 3.8) is 0 Å². The molecule has 3 nitrogen and oxygen atoms in total. The van der Waals surface area contributed by atoms with Gasteiger partial charge in [0.15, 0.2) is 6.23 Å². The molecule has 28 heavy (non-hydrogen) atoms. The summed E-state index contributed by atoms with van der Waals surface area (Å²) in [7, 11) is 0. The minimum Gasteiger partial charge on any atom is -0.472 e. The van der Waals surface area contributed by atoms with E-state index in [-0.39, 0.29) is 24.1 Å². The predicted molar refractivity (Wildman–Crippen MR) is 121 cm³/mol. The first-order valence-corrected chi connectivity index (χ1v) is 11.5. The van der Waals surface area contributed by atoms with Gasteiger partial charge in [-0.15, -0.1) is 0 Å². The Balaban J connectivity index is 1.54. The maximum atomic E-state index is 8.73. The molecule has 1 fully saturated rings. The zero-order valence-electron chi connectivity index (χ0n) is 22.4. The van der Waals surface area contributed by atoms with Gasteiger partial charge in [-0.3, -0.25) is 4.99 Å². The van der Waals surface area contributed by atoms with Crippen LogP contribution in [0.15, 0.2) is 28.0 Å². The van der Waals surface area contributed by atoms with Crippen LogP contribution in [0.2, 0.25) is 0 Å². The number of nitrogens with zero attached hydrogens (tertiary/aromatic N) is 1. The van der Waals surface area contributed by atoms with Crippen molar-refractivity contribution in [1.29, 1.82) is 0 Å². The van der Waals surface area contributed by atoms with E-state index in [1.54, 1.807) is 0 Å². The molecule has 1 N–H and O–H groups in total. The standard InChI is InChI=1S/C24H38N2OS/c1-15-8-10-19-18-6-5-7-20(22(18)27-23(19)26-15)21-11-9-16(13-25-21)17(14-28)12-24(2,3)4/h9,17-19,21,23,25,28H,5-8,10-14H2,1-4H3/t17-,18?,19?,21+,23?/m0/s1/i1D3,12D2. The van der Waals surface area contributed by atoms with E-state index in [2.05, 4.69) is 29.0 Å². The van der Waals surface area contributed by atoms with Gasteiger partial charge in [-0.2, -0.15) is 12.6 Å². The number of hydrogen-bond donors (Lipinski definition) is 2. The number of allylic oxidation sites excluding steroid dienone is 1. The lowest BCUT2D eigenvalue weighted by Gasteiger charge is -2.34. The van der Waals surface area contributed by atoms with Gasteiger partial charge in [0, 0.05) is 37.0 Å². The average Bonchev–Trinajstić information content (AvgIpc) is 3.11. The highest BCUT2D eigenvalue weighted by atomic mass is 32.1. The number of nitrogens with one attached hydrogen (secondary N) is 1. The minimum atomic E-state index is -2.13. The van der Waals surface area contributed by atoms with Crippen molar-refractivity contribution in [2.45, 2.75) is 84.8 Å².